The largest absolute Gasteiger partial charge is 0.497 e. The van der Waals surface area contributed by atoms with Gasteiger partial charge in [-0.25, -0.2) is 0 Å². The van der Waals surface area contributed by atoms with E-state index >= 15 is 0 Å². The lowest BCUT2D eigenvalue weighted by Crippen LogP contribution is -1.87. The van der Waals surface area contributed by atoms with E-state index in [4.69, 9.17) is 9.47 Å². The maximum absolute atomic E-state index is 5.18. The monoisotopic (exact) mass is 202 g/mol. The molecule has 0 heterocycles. The van der Waals surface area contributed by atoms with Crippen LogP contribution in [0.5, 0.6) is 5.75 Å². The third kappa shape index (κ3) is 2.10. The zero-order valence-electron chi connectivity index (χ0n) is 8.99. The van der Waals surface area contributed by atoms with Gasteiger partial charge in [-0.15, -0.1) is 0 Å². The third-order valence-corrected chi connectivity index (χ3v) is 2.42. The molecule has 0 N–H and O–H groups in total. The van der Waals surface area contributed by atoms with Gasteiger partial charge in [-0.2, -0.15) is 0 Å². The zero-order valence-corrected chi connectivity index (χ0v) is 8.99. The summed E-state index contributed by atoms with van der Waals surface area (Å²) in [6.07, 6.45) is 0. The summed E-state index contributed by atoms with van der Waals surface area (Å²) >= 11 is 0. The summed E-state index contributed by atoms with van der Waals surface area (Å²) in [4.78, 5) is 0. The first-order chi connectivity index (χ1) is 7.33. The van der Waals surface area contributed by atoms with Crippen molar-refractivity contribution in [1.29, 1.82) is 0 Å². The van der Waals surface area contributed by atoms with E-state index in [-0.39, 0.29) is 0 Å². The number of hydrogen-bond donors (Lipinski definition) is 0. The first-order valence-electron chi connectivity index (χ1n) is 4.89. The molecule has 0 fully saturated rings. The van der Waals surface area contributed by atoms with Gasteiger partial charge in [0.15, 0.2) is 0 Å². The van der Waals surface area contributed by atoms with Crippen LogP contribution in [0, 0.1) is 0 Å². The SMILES string of the molecule is COCc1ccc2cc(OC)ccc2c1. The van der Waals surface area contributed by atoms with Gasteiger partial charge in [0.25, 0.3) is 0 Å². The predicted molar refractivity (Wildman–Crippen MR) is 61.2 cm³/mol. The van der Waals surface area contributed by atoms with Gasteiger partial charge in [0.2, 0.25) is 0 Å². The predicted octanol–water partition coefficient (Wildman–Crippen LogP) is 2.99. The molecule has 0 saturated carbocycles. The molecule has 0 amide bonds. The average molecular weight is 202 g/mol. The summed E-state index contributed by atoms with van der Waals surface area (Å²) in [6, 6.07) is 12.4. The van der Waals surface area contributed by atoms with E-state index in [2.05, 4.69) is 24.3 Å². The molecule has 2 aromatic rings. The van der Waals surface area contributed by atoms with Crippen LogP contribution < -0.4 is 4.74 Å². The van der Waals surface area contributed by atoms with Gasteiger partial charge in [0.1, 0.15) is 5.75 Å². The highest BCUT2D eigenvalue weighted by atomic mass is 16.5. The van der Waals surface area contributed by atoms with Gasteiger partial charge < -0.3 is 9.47 Å². The van der Waals surface area contributed by atoms with E-state index in [1.807, 2.05) is 12.1 Å². The summed E-state index contributed by atoms with van der Waals surface area (Å²) in [7, 11) is 3.39. The maximum Gasteiger partial charge on any atom is 0.119 e. The van der Waals surface area contributed by atoms with Gasteiger partial charge >= 0.3 is 0 Å². The van der Waals surface area contributed by atoms with E-state index < -0.39 is 0 Å². The van der Waals surface area contributed by atoms with Crippen molar-refractivity contribution in [3.63, 3.8) is 0 Å². The number of rotatable bonds is 3. The van der Waals surface area contributed by atoms with E-state index in [0.717, 1.165) is 5.75 Å². The molecular formula is C13H14O2. The molecule has 0 aliphatic heterocycles. The number of benzene rings is 2. The summed E-state index contributed by atoms with van der Waals surface area (Å²) < 4.78 is 10.3. The Labute approximate surface area is 89.4 Å². The molecule has 0 spiro atoms. The minimum absolute atomic E-state index is 0.655. The minimum Gasteiger partial charge on any atom is -0.497 e. The van der Waals surface area contributed by atoms with Crippen LogP contribution in [0.25, 0.3) is 10.8 Å². The van der Waals surface area contributed by atoms with Crippen LogP contribution in [0.3, 0.4) is 0 Å². The van der Waals surface area contributed by atoms with Crippen LogP contribution in [0.1, 0.15) is 5.56 Å². The minimum atomic E-state index is 0.655. The second-order valence-electron chi connectivity index (χ2n) is 3.48. The lowest BCUT2D eigenvalue weighted by atomic mass is 10.1. The molecule has 0 aromatic heterocycles. The lowest BCUT2D eigenvalue weighted by molar-refractivity contribution is 0.185. The fraction of sp³-hybridized carbons (Fsp3) is 0.231. The Balaban J connectivity index is 2.45. The van der Waals surface area contributed by atoms with Crippen LogP contribution in [0.4, 0.5) is 0 Å². The molecule has 2 aromatic carbocycles. The van der Waals surface area contributed by atoms with Crippen molar-refractivity contribution in [3.05, 3.63) is 42.0 Å². The Hall–Kier alpha value is -1.54. The van der Waals surface area contributed by atoms with Crippen molar-refractivity contribution in [3.8, 4) is 5.75 Å². The summed E-state index contributed by atoms with van der Waals surface area (Å²) in [5.41, 5.74) is 1.19. The van der Waals surface area contributed by atoms with Crippen molar-refractivity contribution < 1.29 is 9.47 Å². The quantitative estimate of drug-likeness (QED) is 0.761. The van der Waals surface area contributed by atoms with Gasteiger partial charge in [-0.3, -0.25) is 0 Å². The number of hydrogen-bond acceptors (Lipinski definition) is 2. The molecule has 78 valence electrons. The third-order valence-electron chi connectivity index (χ3n) is 2.42. The van der Waals surface area contributed by atoms with Gasteiger partial charge in [-0.05, 0) is 34.5 Å². The summed E-state index contributed by atoms with van der Waals surface area (Å²) in [5, 5.41) is 2.40. The van der Waals surface area contributed by atoms with Crippen LogP contribution in [-0.4, -0.2) is 14.2 Å². The van der Waals surface area contributed by atoms with Crippen LogP contribution in [-0.2, 0) is 11.3 Å². The fourth-order valence-electron chi connectivity index (χ4n) is 1.66. The van der Waals surface area contributed by atoms with Gasteiger partial charge in [0, 0.05) is 7.11 Å². The summed E-state index contributed by atoms with van der Waals surface area (Å²) in [6.45, 7) is 0.655. The van der Waals surface area contributed by atoms with Gasteiger partial charge in [-0.1, -0.05) is 18.2 Å². The highest BCUT2D eigenvalue weighted by Gasteiger charge is 1.98. The van der Waals surface area contributed by atoms with E-state index in [0.29, 0.717) is 6.61 Å². The van der Waals surface area contributed by atoms with E-state index in [1.165, 1.54) is 16.3 Å². The first kappa shape index (κ1) is 9.99. The maximum atomic E-state index is 5.18. The van der Waals surface area contributed by atoms with Crippen LogP contribution in [0.2, 0.25) is 0 Å². The smallest absolute Gasteiger partial charge is 0.119 e. The Morgan fingerprint density at radius 2 is 1.67 bits per heavy atom. The Bertz CT molecular complexity index is 463. The molecule has 15 heavy (non-hydrogen) atoms. The van der Waals surface area contributed by atoms with Crippen LogP contribution in [0.15, 0.2) is 36.4 Å². The normalized spacial score (nSPS) is 10.5. The standard InChI is InChI=1S/C13H14O2/c1-14-9-10-3-4-12-8-13(15-2)6-5-11(12)7-10/h3-8H,9H2,1-2H3. The molecule has 2 heteroatoms. The molecule has 2 nitrogen and oxygen atoms in total. The molecule has 0 atom stereocenters. The molecule has 0 aliphatic rings. The fourth-order valence-corrected chi connectivity index (χ4v) is 1.66. The number of ether oxygens (including phenoxy) is 2. The Morgan fingerprint density at radius 1 is 0.933 bits per heavy atom. The van der Waals surface area contributed by atoms with Crippen molar-refractivity contribution in [2.75, 3.05) is 14.2 Å². The molecular weight excluding hydrogens is 188 g/mol. The summed E-state index contributed by atoms with van der Waals surface area (Å²) in [5.74, 6) is 0.891. The first-order valence-corrected chi connectivity index (χ1v) is 4.89. The molecule has 0 bridgehead atoms. The van der Waals surface area contributed by atoms with E-state index in [1.54, 1.807) is 14.2 Å². The number of methoxy groups -OCH3 is 2. The van der Waals surface area contributed by atoms with Crippen molar-refractivity contribution >= 4 is 10.8 Å². The highest BCUT2D eigenvalue weighted by Crippen LogP contribution is 2.21. The Kier molecular flexibility index (Phi) is 2.88. The highest BCUT2D eigenvalue weighted by molar-refractivity contribution is 5.84. The molecule has 0 saturated heterocycles. The second-order valence-corrected chi connectivity index (χ2v) is 3.48. The molecule has 0 aliphatic carbocycles. The second kappa shape index (κ2) is 4.32. The zero-order chi connectivity index (χ0) is 10.7. The topological polar surface area (TPSA) is 18.5 Å². The van der Waals surface area contributed by atoms with E-state index in [9.17, 15) is 0 Å². The van der Waals surface area contributed by atoms with Crippen molar-refractivity contribution in [2.24, 2.45) is 0 Å². The molecule has 0 unspecified atom stereocenters. The number of fused-ring (bicyclic) bond motifs is 1. The van der Waals surface area contributed by atoms with Crippen LogP contribution >= 0.6 is 0 Å². The molecule has 0 radical (unpaired) electrons. The lowest BCUT2D eigenvalue weighted by Gasteiger charge is -2.04. The van der Waals surface area contributed by atoms with Crippen molar-refractivity contribution in [2.45, 2.75) is 6.61 Å². The average Bonchev–Trinajstić information content (AvgIpc) is 2.29. The molecule has 2 rings (SSSR count). The van der Waals surface area contributed by atoms with Crippen molar-refractivity contribution in [1.82, 2.24) is 0 Å². The Morgan fingerprint density at radius 3 is 2.40 bits per heavy atom. The van der Waals surface area contributed by atoms with Gasteiger partial charge in [0.05, 0.1) is 13.7 Å².